The summed E-state index contributed by atoms with van der Waals surface area (Å²) in [4.78, 5) is 0. The lowest BCUT2D eigenvalue weighted by Crippen LogP contribution is -1.85. The second-order valence-corrected chi connectivity index (χ2v) is 3.23. The van der Waals surface area contributed by atoms with Crippen LogP contribution in [0.15, 0.2) is 0 Å². The van der Waals surface area contributed by atoms with Crippen molar-refractivity contribution in [2.45, 2.75) is 38.2 Å². The number of alkyl halides is 1. The summed E-state index contributed by atoms with van der Waals surface area (Å²) in [5.41, 5.74) is 0. The van der Waals surface area contributed by atoms with Gasteiger partial charge in [0.05, 0.1) is 12.7 Å². The Balaban J connectivity index is 1.68. The van der Waals surface area contributed by atoms with Crippen LogP contribution in [0.4, 0.5) is 0 Å². The summed E-state index contributed by atoms with van der Waals surface area (Å²) in [7, 11) is 0. The Morgan fingerprint density at radius 1 is 1.20 bits per heavy atom. The molecule has 0 N–H and O–H groups in total. The Morgan fingerprint density at radius 3 is 2.50 bits per heavy atom. The van der Waals surface area contributed by atoms with Crippen molar-refractivity contribution in [1.82, 2.24) is 0 Å². The summed E-state index contributed by atoms with van der Waals surface area (Å²) in [6.07, 6.45) is 7.00. The molecule has 1 fully saturated rings. The van der Waals surface area contributed by atoms with Crippen molar-refractivity contribution in [3.63, 3.8) is 0 Å². The van der Waals surface area contributed by atoms with Gasteiger partial charge in [-0.2, -0.15) is 0 Å². The molecule has 1 heterocycles. The molecule has 1 nitrogen and oxygen atoms in total. The minimum Gasteiger partial charge on any atom is -0.373 e. The number of hydrogen-bond donors (Lipinski definition) is 0. The minimum atomic E-state index is 0.621. The largest absolute Gasteiger partial charge is 0.373 e. The Hall–Kier alpha value is 0.250. The van der Waals surface area contributed by atoms with Gasteiger partial charge in [0.2, 0.25) is 0 Å². The SMILES string of the molecule is ClCCCCCCC1CO1. The van der Waals surface area contributed by atoms with Crippen LogP contribution in [0.25, 0.3) is 0 Å². The van der Waals surface area contributed by atoms with E-state index in [1.807, 2.05) is 0 Å². The third-order valence-electron chi connectivity index (χ3n) is 1.81. The standard InChI is InChI=1S/C8H15ClO/c9-6-4-2-1-3-5-8-7-10-8/h8H,1-7H2. The van der Waals surface area contributed by atoms with Crippen molar-refractivity contribution in [3.05, 3.63) is 0 Å². The van der Waals surface area contributed by atoms with E-state index in [0.29, 0.717) is 6.10 Å². The van der Waals surface area contributed by atoms with Gasteiger partial charge >= 0.3 is 0 Å². The predicted octanol–water partition coefficient (Wildman–Crippen LogP) is 2.57. The van der Waals surface area contributed by atoms with Gasteiger partial charge in [0.1, 0.15) is 0 Å². The summed E-state index contributed by atoms with van der Waals surface area (Å²) < 4.78 is 5.09. The fourth-order valence-corrected chi connectivity index (χ4v) is 1.24. The van der Waals surface area contributed by atoms with Crippen LogP contribution in [-0.2, 0) is 4.74 Å². The highest BCUT2D eigenvalue weighted by molar-refractivity contribution is 6.17. The van der Waals surface area contributed by atoms with E-state index in [4.69, 9.17) is 16.3 Å². The zero-order valence-electron chi connectivity index (χ0n) is 6.31. The highest BCUT2D eigenvalue weighted by Crippen LogP contribution is 2.17. The van der Waals surface area contributed by atoms with Crippen molar-refractivity contribution in [3.8, 4) is 0 Å². The van der Waals surface area contributed by atoms with E-state index < -0.39 is 0 Å². The molecule has 1 aliphatic rings. The number of ether oxygens (including phenoxy) is 1. The molecule has 0 aromatic heterocycles. The van der Waals surface area contributed by atoms with Gasteiger partial charge in [0.25, 0.3) is 0 Å². The monoisotopic (exact) mass is 162 g/mol. The number of unbranched alkanes of at least 4 members (excludes halogenated alkanes) is 3. The molecule has 1 rings (SSSR count). The Labute approximate surface area is 67.7 Å². The van der Waals surface area contributed by atoms with Gasteiger partial charge < -0.3 is 4.74 Å². The van der Waals surface area contributed by atoms with Crippen molar-refractivity contribution in [2.24, 2.45) is 0 Å². The van der Waals surface area contributed by atoms with Crippen LogP contribution in [0.2, 0.25) is 0 Å². The second-order valence-electron chi connectivity index (χ2n) is 2.85. The first-order chi connectivity index (χ1) is 4.93. The molecule has 0 saturated carbocycles. The van der Waals surface area contributed by atoms with Crippen molar-refractivity contribution in [1.29, 1.82) is 0 Å². The van der Waals surface area contributed by atoms with Crippen LogP contribution in [0.3, 0.4) is 0 Å². The molecule has 0 aromatic rings. The molecule has 0 amide bonds. The van der Waals surface area contributed by atoms with E-state index in [9.17, 15) is 0 Å². The highest BCUT2D eigenvalue weighted by Gasteiger charge is 2.20. The lowest BCUT2D eigenvalue weighted by Gasteiger charge is -1.95. The summed E-state index contributed by atoms with van der Waals surface area (Å²) in [5, 5.41) is 0. The lowest BCUT2D eigenvalue weighted by molar-refractivity contribution is 0.388. The Bertz CT molecular complexity index is 81.3. The van der Waals surface area contributed by atoms with Crippen LogP contribution >= 0.6 is 11.6 Å². The van der Waals surface area contributed by atoms with Crippen molar-refractivity contribution in [2.75, 3.05) is 12.5 Å². The third-order valence-corrected chi connectivity index (χ3v) is 2.08. The Kier molecular flexibility index (Phi) is 4.15. The van der Waals surface area contributed by atoms with Gasteiger partial charge in [-0.3, -0.25) is 0 Å². The van der Waals surface area contributed by atoms with E-state index >= 15 is 0 Å². The maximum atomic E-state index is 5.53. The first-order valence-electron chi connectivity index (χ1n) is 4.11. The molecule has 60 valence electrons. The number of epoxide rings is 1. The molecule has 1 unspecified atom stereocenters. The maximum Gasteiger partial charge on any atom is 0.0810 e. The maximum absolute atomic E-state index is 5.53. The highest BCUT2D eigenvalue weighted by atomic mass is 35.5. The van der Waals surface area contributed by atoms with Gasteiger partial charge in [-0.1, -0.05) is 19.3 Å². The Morgan fingerprint density at radius 2 is 1.90 bits per heavy atom. The van der Waals surface area contributed by atoms with E-state index in [-0.39, 0.29) is 0 Å². The fraction of sp³-hybridized carbons (Fsp3) is 1.00. The predicted molar refractivity (Wildman–Crippen MR) is 43.5 cm³/mol. The normalized spacial score (nSPS) is 23.1. The van der Waals surface area contributed by atoms with Gasteiger partial charge in [0, 0.05) is 5.88 Å². The van der Waals surface area contributed by atoms with E-state index in [1.165, 1.54) is 32.1 Å². The summed E-state index contributed by atoms with van der Waals surface area (Å²) in [5.74, 6) is 0.819. The molecule has 0 radical (unpaired) electrons. The first kappa shape index (κ1) is 8.35. The molecule has 0 bridgehead atoms. The molecule has 2 heteroatoms. The van der Waals surface area contributed by atoms with Crippen molar-refractivity contribution >= 4 is 11.6 Å². The molecule has 0 spiro atoms. The fourth-order valence-electron chi connectivity index (χ4n) is 1.05. The average Bonchev–Trinajstić information content (AvgIpc) is 2.71. The van der Waals surface area contributed by atoms with Gasteiger partial charge in [-0.15, -0.1) is 11.6 Å². The molecule has 1 atom stereocenters. The second kappa shape index (κ2) is 4.97. The number of rotatable bonds is 6. The molecule has 1 saturated heterocycles. The average molecular weight is 163 g/mol. The third kappa shape index (κ3) is 4.13. The number of halogens is 1. The van der Waals surface area contributed by atoms with Crippen LogP contribution in [0, 0.1) is 0 Å². The molecule has 0 aromatic carbocycles. The van der Waals surface area contributed by atoms with E-state index in [2.05, 4.69) is 0 Å². The lowest BCUT2D eigenvalue weighted by atomic mass is 10.1. The van der Waals surface area contributed by atoms with Gasteiger partial charge in [-0.25, -0.2) is 0 Å². The van der Waals surface area contributed by atoms with Crippen LogP contribution in [0.5, 0.6) is 0 Å². The van der Waals surface area contributed by atoms with Crippen molar-refractivity contribution < 1.29 is 4.74 Å². The van der Waals surface area contributed by atoms with Crippen LogP contribution in [-0.4, -0.2) is 18.6 Å². The summed E-state index contributed by atoms with van der Waals surface area (Å²) in [6.45, 7) is 1.01. The smallest absolute Gasteiger partial charge is 0.0810 e. The molecular formula is C8H15ClO. The minimum absolute atomic E-state index is 0.621. The molecular weight excluding hydrogens is 148 g/mol. The first-order valence-corrected chi connectivity index (χ1v) is 4.64. The molecule has 1 aliphatic heterocycles. The van der Waals surface area contributed by atoms with Gasteiger partial charge in [0.15, 0.2) is 0 Å². The number of hydrogen-bond acceptors (Lipinski definition) is 1. The molecule has 0 aliphatic carbocycles. The van der Waals surface area contributed by atoms with E-state index in [1.54, 1.807) is 0 Å². The summed E-state index contributed by atoms with van der Waals surface area (Å²) in [6, 6.07) is 0. The van der Waals surface area contributed by atoms with E-state index in [0.717, 1.165) is 12.5 Å². The summed E-state index contributed by atoms with van der Waals surface area (Å²) >= 11 is 5.53. The van der Waals surface area contributed by atoms with Crippen LogP contribution < -0.4 is 0 Å². The zero-order chi connectivity index (χ0) is 7.23. The quantitative estimate of drug-likeness (QED) is 0.332. The zero-order valence-corrected chi connectivity index (χ0v) is 7.07. The van der Waals surface area contributed by atoms with Gasteiger partial charge in [-0.05, 0) is 12.8 Å². The van der Waals surface area contributed by atoms with Crippen LogP contribution in [0.1, 0.15) is 32.1 Å². The molecule has 10 heavy (non-hydrogen) atoms. The topological polar surface area (TPSA) is 12.5 Å².